The fourth-order valence-corrected chi connectivity index (χ4v) is 3.76. The smallest absolute Gasteiger partial charge is 0.220 e. The highest BCUT2D eigenvalue weighted by atomic mass is 35.5. The fraction of sp³-hybridized carbons (Fsp3) is 0.556. The van der Waals surface area contributed by atoms with Crippen LogP contribution in [0, 0.1) is 0 Å². The quantitative estimate of drug-likeness (QED) is 0.755. The Morgan fingerprint density at radius 3 is 2.71 bits per heavy atom. The molecule has 1 atom stereocenters. The van der Waals surface area contributed by atoms with Crippen LogP contribution in [-0.4, -0.2) is 34.0 Å². The summed E-state index contributed by atoms with van der Waals surface area (Å²) in [6.07, 6.45) is 2.33. The first-order valence-electron chi connectivity index (χ1n) is 8.37. The number of nitrogens with one attached hydrogen (secondary N) is 2. The van der Waals surface area contributed by atoms with Crippen molar-refractivity contribution in [2.24, 2.45) is 0 Å². The minimum Gasteiger partial charge on any atom is -0.358 e. The number of hydrogen-bond donors (Lipinski definition) is 2. The molecule has 4 nitrogen and oxygen atoms in total. The molecule has 2 rings (SSSR count). The van der Waals surface area contributed by atoms with Crippen molar-refractivity contribution in [2.45, 2.75) is 58.2 Å². The van der Waals surface area contributed by atoms with Gasteiger partial charge < -0.3 is 15.5 Å². The van der Waals surface area contributed by atoms with Crippen molar-refractivity contribution in [3.05, 3.63) is 34.9 Å². The molecular formula is C18H26ClN3OS. The number of carbonyl (C=O) groups is 1. The van der Waals surface area contributed by atoms with Gasteiger partial charge in [0.05, 0.1) is 0 Å². The molecule has 1 aromatic rings. The zero-order chi connectivity index (χ0) is 17.7. The Bertz CT molecular complexity index is 588. The molecule has 0 aliphatic carbocycles. The summed E-state index contributed by atoms with van der Waals surface area (Å²) in [5, 5.41) is 7.81. The second kappa shape index (κ2) is 8.17. The predicted octanol–water partition coefficient (Wildman–Crippen LogP) is 3.48. The van der Waals surface area contributed by atoms with Crippen LogP contribution in [0.1, 0.15) is 45.6 Å². The van der Waals surface area contributed by atoms with Gasteiger partial charge in [0, 0.05) is 36.1 Å². The molecule has 0 aromatic heterocycles. The Hall–Kier alpha value is -1.33. The Labute approximate surface area is 154 Å². The third-order valence-electron chi connectivity index (χ3n) is 4.25. The lowest BCUT2D eigenvalue weighted by Crippen LogP contribution is -2.60. The number of rotatable bonds is 6. The van der Waals surface area contributed by atoms with Crippen molar-refractivity contribution in [2.75, 3.05) is 6.54 Å². The number of nitrogens with zero attached hydrogens (tertiary/aromatic N) is 1. The zero-order valence-electron chi connectivity index (χ0n) is 14.6. The van der Waals surface area contributed by atoms with Gasteiger partial charge >= 0.3 is 0 Å². The Morgan fingerprint density at radius 2 is 2.08 bits per heavy atom. The van der Waals surface area contributed by atoms with Crippen LogP contribution >= 0.6 is 23.8 Å². The molecule has 1 aromatic carbocycles. The molecule has 0 radical (unpaired) electrons. The van der Waals surface area contributed by atoms with E-state index in [9.17, 15) is 4.79 Å². The van der Waals surface area contributed by atoms with Gasteiger partial charge in [-0.2, -0.15) is 0 Å². The average molecular weight is 368 g/mol. The average Bonchev–Trinajstić information content (AvgIpc) is 2.48. The topological polar surface area (TPSA) is 44.4 Å². The Morgan fingerprint density at radius 1 is 1.42 bits per heavy atom. The number of carbonyl (C=O) groups excluding carboxylic acids is 1. The van der Waals surface area contributed by atoms with Crippen LogP contribution in [-0.2, 0) is 11.3 Å². The monoisotopic (exact) mass is 367 g/mol. The maximum Gasteiger partial charge on any atom is 0.220 e. The van der Waals surface area contributed by atoms with Gasteiger partial charge in [-0.1, -0.05) is 23.7 Å². The van der Waals surface area contributed by atoms with Gasteiger partial charge in [0.25, 0.3) is 0 Å². The van der Waals surface area contributed by atoms with Gasteiger partial charge in [0.1, 0.15) is 0 Å². The van der Waals surface area contributed by atoms with Crippen LogP contribution in [0.3, 0.4) is 0 Å². The molecule has 6 heteroatoms. The normalized spacial score (nSPS) is 19.8. The van der Waals surface area contributed by atoms with E-state index in [1.165, 1.54) is 0 Å². The van der Waals surface area contributed by atoms with E-state index < -0.39 is 0 Å². The lowest BCUT2D eigenvalue weighted by Gasteiger charge is -2.44. The van der Waals surface area contributed by atoms with Gasteiger partial charge in [-0.05, 0) is 63.5 Å². The van der Waals surface area contributed by atoms with Gasteiger partial charge in [-0.15, -0.1) is 0 Å². The molecule has 0 saturated carbocycles. The summed E-state index contributed by atoms with van der Waals surface area (Å²) < 4.78 is 0. The number of hydrogen-bond acceptors (Lipinski definition) is 2. The Kier molecular flexibility index (Phi) is 6.47. The molecule has 1 aliphatic rings. The number of benzene rings is 1. The van der Waals surface area contributed by atoms with Crippen LogP contribution in [0.4, 0.5) is 0 Å². The van der Waals surface area contributed by atoms with Gasteiger partial charge in [-0.3, -0.25) is 4.79 Å². The van der Waals surface area contributed by atoms with E-state index in [1.54, 1.807) is 0 Å². The summed E-state index contributed by atoms with van der Waals surface area (Å²) >= 11 is 11.3. The van der Waals surface area contributed by atoms with Crippen LogP contribution in [0.2, 0.25) is 5.02 Å². The maximum absolute atomic E-state index is 12.0. The zero-order valence-corrected chi connectivity index (χ0v) is 16.1. The molecule has 0 spiro atoms. The molecule has 132 valence electrons. The third kappa shape index (κ3) is 5.64. The van der Waals surface area contributed by atoms with E-state index in [2.05, 4.69) is 36.3 Å². The predicted molar refractivity (Wildman–Crippen MR) is 103 cm³/mol. The summed E-state index contributed by atoms with van der Waals surface area (Å²) in [5.74, 6) is 0.0637. The highest BCUT2D eigenvalue weighted by Crippen LogP contribution is 2.22. The van der Waals surface area contributed by atoms with Crippen LogP contribution in [0.25, 0.3) is 0 Å². The third-order valence-corrected chi connectivity index (χ3v) is 4.84. The summed E-state index contributed by atoms with van der Waals surface area (Å²) in [5.41, 5.74) is 1.09. The minimum atomic E-state index is 0.0446. The van der Waals surface area contributed by atoms with E-state index >= 15 is 0 Å². The van der Waals surface area contributed by atoms with Crippen LogP contribution in [0.5, 0.6) is 0 Å². The van der Waals surface area contributed by atoms with E-state index in [-0.39, 0.29) is 11.4 Å². The SMILES string of the molecule is C[C@@H]1CC(C)(C)NC(=S)N1CCCC(=O)NCc1ccc(Cl)cc1. The first-order valence-corrected chi connectivity index (χ1v) is 9.15. The molecule has 0 bridgehead atoms. The highest BCUT2D eigenvalue weighted by Gasteiger charge is 2.32. The van der Waals surface area contributed by atoms with E-state index in [4.69, 9.17) is 23.8 Å². The molecule has 0 unspecified atom stereocenters. The van der Waals surface area contributed by atoms with Crippen molar-refractivity contribution < 1.29 is 4.79 Å². The van der Waals surface area contributed by atoms with Crippen LogP contribution in [0.15, 0.2) is 24.3 Å². The minimum absolute atomic E-state index is 0.0446. The Balaban J connectivity index is 1.70. The molecule has 24 heavy (non-hydrogen) atoms. The number of halogens is 1. The first kappa shape index (κ1) is 19.0. The van der Waals surface area contributed by atoms with E-state index in [1.807, 2.05) is 24.3 Å². The van der Waals surface area contributed by atoms with Crippen LogP contribution < -0.4 is 10.6 Å². The van der Waals surface area contributed by atoms with Crippen molar-refractivity contribution in [3.8, 4) is 0 Å². The second-order valence-corrected chi connectivity index (χ2v) is 7.89. The molecule has 1 fully saturated rings. The van der Waals surface area contributed by atoms with Gasteiger partial charge in [0.2, 0.25) is 5.91 Å². The lowest BCUT2D eigenvalue weighted by atomic mass is 9.93. The summed E-state index contributed by atoms with van der Waals surface area (Å²) in [4.78, 5) is 14.2. The van der Waals surface area contributed by atoms with Gasteiger partial charge in [-0.25, -0.2) is 0 Å². The van der Waals surface area contributed by atoms with E-state index in [0.29, 0.717) is 24.0 Å². The summed E-state index contributed by atoms with van der Waals surface area (Å²) in [6.45, 7) is 7.85. The fourth-order valence-electron chi connectivity index (χ4n) is 3.08. The van der Waals surface area contributed by atoms with E-state index in [0.717, 1.165) is 30.1 Å². The first-order chi connectivity index (χ1) is 11.3. The van der Waals surface area contributed by atoms with Crippen molar-refractivity contribution >= 4 is 34.8 Å². The summed E-state index contributed by atoms with van der Waals surface area (Å²) in [7, 11) is 0. The molecule has 1 heterocycles. The molecule has 1 aliphatic heterocycles. The number of thiocarbonyl (C=S) groups is 1. The lowest BCUT2D eigenvalue weighted by molar-refractivity contribution is -0.121. The number of amides is 1. The molecular weight excluding hydrogens is 342 g/mol. The van der Waals surface area contributed by atoms with Crippen molar-refractivity contribution in [1.82, 2.24) is 15.5 Å². The summed E-state index contributed by atoms with van der Waals surface area (Å²) in [6, 6.07) is 7.89. The van der Waals surface area contributed by atoms with Crippen molar-refractivity contribution in [3.63, 3.8) is 0 Å². The molecule has 2 N–H and O–H groups in total. The largest absolute Gasteiger partial charge is 0.358 e. The standard InChI is InChI=1S/C18H26ClN3OS/c1-13-11-18(2,3)21-17(24)22(13)10-4-5-16(23)20-12-14-6-8-15(19)9-7-14/h6-9,13H,4-5,10-12H2,1-3H3,(H,20,23)(H,21,24)/t13-/m1/s1. The molecule has 1 amide bonds. The highest BCUT2D eigenvalue weighted by molar-refractivity contribution is 7.80. The molecule has 1 saturated heterocycles. The maximum atomic E-state index is 12.0. The van der Waals surface area contributed by atoms with Crippen molar-refractivity contribution in [1.29, 1.82) is 0 Å². The van der Waals surface area contributed by atoms with Gasteiger partial charge in [0.15, 0.2) is 5.11 Å². The second-order valence-electron chi connectivity index (χ2n) is 7.07.